The summed E-state index contributed by atoms with van der Waals surface area (Å²) in [5.41, 5.74) is 2.18. The van der Waals surface area contributed by atoms with Crippen molar-refractivity contribution in [3.8, 4) is 0 Å². The molecule has 1 saturated heterocycles. The predicted octanol–water partition coefficient (Wildman–Crippen LogP) is 0.659. The maximum absolute atomic E-state index is 11.7. The minimum absolute atomic E-state index is 0.241. The standard InChI is InChI=1S/C17H25N3O3/c1-13(21)18-16(17(22)23-3)12-14-4-6-15(7-5-14)20-10-8-19(2)9-11-20/h4-7,16H,8-12H2,1-3H3,(H,18,21)/t16-/m1/s1. The number of nitrogens with zero attached hydrogens (tertiary/aromatic N) is 2. The highest BCUT2D eigenvalue weighted by molar-refractivity contribution is 5.83. The van der Waals surface area contributed by atoms with E-state index >= 15 is 0 Å². The van der Waals surface area contributed by atoms with E-state index in [1.807, 2.05) is 12.1 Å². The van der Waals surface area contributed by atoms with Gasteiger partial charge in [0, 0.05) is 45.2 Å². The Bertz CT molecular complexity index is 537. The number of anilines is 1. The van der Waals surface area contributed by atoms with E-state index in [1.165, 1.54) is 19.7 Å². The summed E-state index contributed by atoms with van der Waals surface area (Å²) in [4.78, 5) is 27.6. The number of likely N-dealkylation sites (N-methyl/N-ethyl adjacent to an activating group) is 1. The molecular formula is C17H25N3O3. The van der Waals surface area contributed by atoms with E-state index in [0.717, 1.165) is 31.7 Å². The van der Waals surface area contributed by atoms with Gasteiger partial charge in [0.25, 0.3) is 0 Å². The molecular weight excluding hydrogens is 294 g/mol. The minimum Gasteiger partial charge on any atom is -0.467 e. The van der Waals surface area contributed by atoms with Crippen LogP contribution in [0.3, 0.4) is 0 Å². The van der Waals surface area contributed by atoms with E-state index in [2.05, 4.69) is 34.3 Å². The largest absolute Gasteiger partial charge is 0.467 e. The Labute approximate surface area is 137 Å². The fourth-order valence-corrected chi connectivity index (χ4v) is 2.72. The van der Waals surface area contributed by atoms with E-state index in [9.17, 15) is 9.59 Å². The van der Waals surface area contributed by atoms with E-state index in [0.29, 0.717) is 6.42 Å². The van der Waals surface area contributed by atoms with E-state index in [4.69, 9.17) is 4.74 Å². The molecule has 126 valence electrons. The zero-order chi connectivity index (χ0) is 16.8. The molecule has 1 fully saturated rings. The average molecular weight is 319 g/mol. The molecule has 23 heavy (non-hydrogen) atoms. The Morgan fingerprint density at radius 2 is 1.78 bits per heavy atom. The molecule has 1 amide bonds. The van der Waals surface area contributed by atoms with Gasteiger partial charge < -0.3 is 19.9 Å². The molecule has 6 heteroatoms. The molecule has 1 aliphatic heterocycles. The lowest BCUT2D eigenvalue weighted by molar-refractivity contribution is -0.144. The van der Waals surface area contributed by atoms with Crippen molar-refractivity contribution < 1.29 is 14.3 Å². The summed E-state index contributed by atoms with van der Waals surface area (Å²) in [5, 5.41) is 2.63. The summed E-state index contributed by atoms with van der Waals surface area (Å²) in [6.45, 7) is 5.56. The van der Waals surface area contributed by atoms with Crippen molar-refractivity contribution in [3.05, 3.63) is 29.8 Å². The molecule has 0 bridgehead atoms. The fraction of sp³-hybridized carbons (Fsp3) is 0.529. The second-order valence-corrected chi connectivity index (χ2v) is 5.94. The molecule has 0 radical (unpaired) electrons. The highest BCUT2D eigenvalue weighted by atomic mass is 16.5. The highest BCUT2D eigenvalue weighted by Gasteiger charge is 2.21. The normalized spacial score (nSPS) is 16.7. The Balaban J connectivity index is 2.00. The molecule has 0 saturated carbocycles. The van der Waals surface area contributed by atoms with Crippen LogP contribution in [-0.2, 0) is 20.7 Å². The number of carbonyl (C=O) groups is 2. The van der Waals surface area contributed by atoms with E-state index < -0.39 is 12.0 Å². The average Bonchev–Trinajstić information content (AvgIpc) is 2.54. The minimum atomic E-state index is -0.646. The van der Waals surface area contributed by atoms with Gasteiger partial charge in [-0.2, -0.15) is 0 Å². The van der Waals surface area contributed by atoms with Crippen molar-refractivity contribution in [1.82, 2.24) is 10.2 Å². The van der Waals surface area contributed by atoms with Crippen molar-refractivity contribution in [2.24, 2.45) is 0 Å². The molecule has 1 aromatic rings. The smallest absolute Gasteiger partial charge is 0.328 e. The van der Waals surface area contributed by atoms with Gasteiger partial charge in [-0.3, -0.25) is 4.79 Å². The van der Waals surface area contributed by atoms with Gasteiger partial charge in [0.15, 0.2) is 0 Å². The Morgan fingerprint density at radius 3 is 2.30 bits per heavy atom. The summed E-state index contributed by atoms with van der Waals surface area (Å²) in [5.74, 6) is -0.669. The van der Waals surface area contributed by atoms with E-state index in [1.54, 1.807) is 0 Å². The SMILES string of the molecule is COC(=O)[C@@H](Cc1ccc(N2CCN(C)CC2)cc1)NC(C)=O. The van der Waals surface area contributed by atoms with Crippen LogP contribution in [-0.4, -0.2) is 63.2 Å². The third-order valence-electron chi connectivity index (χ3n) is 4.11. The van der Waals surface area contributed by atoms with Crippen molar-refractivity contribution >= 4 is 17.6 Å². The van der Waals surface area contributed by atoms with Crippen molar-refractivity contribution in [1.29, 1.82) is 0 Å². The molecule has 1 atom stereocenters. The molecule has 6 nitrogen and oxygen atoms in total. The van der Waals surface area contributed by atoms with Crippen LogP contribution >= 0.6 is 0 Å². The van der Waals surface area contributed by atoms with Crippen molar-refractivity contribution in [2.75, 3.05) is 45.2 Å². The number of rotatable bonds is 5. The number of nitrogens with one attached hydrogen (secondary N) is 1. The zero-order valence-electron chi connectivity index (χ0n) is 14.0. The van der Waals surface area contributed by atoms with Gasteiger partial charge in [0.2, 0.25) is 5.91 Å². The summed E-state index contributed by atoms with van der Waals surface area (Å²) < 4.78 is 4.75. The first-order valence-corrected chi connectivity index (χ1v) is 7.87. The quantitative estimate of drug-likeness (QED) is 0.808. The molecule has 0 aromatic heterocycles. The number of amides is 1. The second kappa shape index (κ2) is 7.97. The number of benzene rings is 1. The lowest BCUT2D eigenvalue weighted by Crippen LogP contribution is -2.44. The van der Waals surface area contributed by atoms with Gasteiger partial charge in [0.05, 0.1) is 7.11 Å². The maximum atomic E-state index is 11.7. The molecule has 1 heterocycles. The van der Waals surface area contributed by atoms with Crippen LogP contribution in [0.2, 0.25) is 0 Å². The number of carbonyl (C=O) groups excluding carboxylic acids is 2. The van der Waals surface area contributed by atoms with Crippen LogP contribution in [0.15, 0.2) is 24.3 Å². The Kier molecular flexibility index (Phi) is 5.98. The van der Waals surface area contributed by atoms with Gasteiger partial charge in [0.1, 0.15) is 6.04 Å². The van der Waals surface area contributed by atoms with Crippen LogP contribution < -0.4 is 10.2 Å². The van der Waals surface area contributed by atoms with Gasteiger partial charge >= 0.3 is 5.97 Å². The molecule has 0 spiro atoms. The molecule has 2 rings (SSSR count). The van der Waals surface area contributed by atoms with Gasteiger partial charge in [-0.25, -0.2) is 4.79 Å². The monoisotopic (exact) mass is 319 g/mol. The molecule has 1 N–H and O–H groups in total. The third kappa shape index (κ3) is 4.96. The van der Waals surface area contributed by atoms with Crippen LogP contribution in [0.4, 0.5) is 5.69 Å². The molecule has 1 aromatic carbocycles. The lowest BCUT2D eigenvalue weighted by atomic mass is 10.0. The van der Waals surface area contributed by atoms with Gasteiger partial charge in [-0.15, -0.1) is 0 Å². The maximum Gasteiger partial charge on any atom is 0.328 e. The predicted molar refractivity (Wildman–Crippen MR) is 89.5 cm³/mol. The van der Waals surface area contributed by atoms with Crippen LogP contribution in [0.1, 0.15) is 12.5 Å². The number of hydrogen-bond donors (Lipinski definition) is 1. The number of esters is 1. The fourth-order valence-electron chi connectivity index (χ4n) is 2.72. The second-order valence-electron chi connectivity index (χ2n) is 5.94. The third-order valence-corrected chi connectivity index (χ3v) is 4.11. The Hall–Kier alpha value is -2.08. The summed E-state index contributed by atoms with van der Waals surface area (Å²) in [7, 11) is 3.46. The topological polar surface area (TPSA) is 61.9 Å². The van der Waals surface area contributed by atoms with Crippen LogP contribution in [0.25, 0.3) is 0 Å². The summed E-state index contributed by atoms with van der Waals surface area (Å²) in [6, 6.07) is 7.51. The molecule has 0 unspecified atom stereocenters. The summed E-state index contributed by atoms with van der Waals surface area (Å²) >= 11 is 0. The number of hydrogen-bond acceptors (Lipinski definition) is 5. The van der Waals surface area contributed by atoms with Gasteiger partial charge in [-0.1, -0.05) is 12.1 Å². The van der Waals surface area contributed by atoms with Crippen LogP contribution in [0, 0.1) is 0 Å². The molecule has 0 aliphatic carbocycles. The van der Waals surface area contributed by atoms with Crippen LogP contribution in [0.5, 0.6) is 0 Å². The first-order chi connectivity index (χ1) is 11.0. The van der Waals surface area contributed by atoms with Gasteiger partial charge in [-0.05, 0) is 24.7 Å². The van der Waals surface area contributed by atoms with Crippen molar-refractivity contribution in [2.45, 2.75) is 19.4 Å². The van der Waals surface area contributed by atoms with Crippen molar-refractivity contribution in [3.63, 3.8) is 0 Å². The first-order valence-electron chi connectivity index (χ1n) is 7.87. The summed E-state index contributed by atoms with van der Waals surface area (Å²) in [6.07, 6.45) is 0.426. The highest BCUT2D eigenvalue weighted by Crippen LogP contribution is 2.18. The first kappa shape index (κ1) is 17.3. The zero-order valence-corrected chi connectivity index (χ0v) is 14.0. The number of ether oxygens (including phenoxy) is 1. The lowest BCUT2D eigenvalue weighted by Gasteiger charge is -2.34. The van der Waals surface area contributed by atoms with E-state index in [-0.39, 0.29) is 5.91 Å². The number of piperazine rings is 1. The number of methoxy groups -OCH3 is 1. The molecule has 1 aliphatic rings. The Morgan fingerprint density at radius 1 is 1.17 bits per heavy atom.